The van der Waals surface area contributed by atoms with Crippen molar-refractivity contribution in [3.63, 3.8) is 0 Å². The van der Waals surface area contributed by atoms with Crippen molar-refractivity contribution in [1.82, 2.24) is 19.9 Å². The van der Waals surface area contributed by atoms with Crippen LogP contribution in [0, 0.1) is 0 Å². The Hall–Kier alpha value is -2.40. The van der Waals surface area contributed by atoms with E-state index < -0.39 is 0 Å². The van der Waals surface area contributed by atoms with Crippen molar-refractivity contribution < 1.29 is 1.37 Å². The molecular weight excluding hydrogens is 238 g/mol. The van der Waals surface area contributed by atoms with Crippen molar-refractivity contribution in [2.75, 3.05) is 6.54 Å². The van der Waals surface area contributed by atoms with Crippen molar-refractivity contribution in [1.29, 1.82) is 0 Å². The zero-order valence-electron chi connectivity index (χ0n) is 11.2. The SMILES string of the molecule is [2H]c1cnc2cnc(C(CN)c3ccccc3)nc2n1. The molecule has 0 aliphatic rings. The highest BCUT2D eigenvalue weighted by Gasteiger charge is 2.15. The van der Waals surface area contributed by atoms with Gasteiger partial charge in [0.2, 0.25) is 0 Å². The summed E-state index contributed by atoms with van der Waals surface area (Å²) < 4.78 is 7.51. The number of nitrogens with zero attached hydrogens (tertiary/aromatic N) is 4. The lowest BCUT2D eigenvalue weighted by Crippen LogP contribution is -2.16. The van der Waals surface area contributed by atoms with E-state index in [0.29, 0.717) is 23.5 Å². The fourth-order valence-electron chi connectivity index (χ4n) is 1.99. The number of fused-ring (bicyclic) bond motifs is 1. The second-order valence-electron chi connectivity index (χ2n) is 4.14. The Bertz CT molecular complexity index is 732. The first-order valence-corrected chi connectivity index (χ1v) is 5.99. The van der Waals surface area contributed by atoms with E-state index in [1.807, 2.05) is 30.3 Å². The van der Waals surface area contributed by atoms with Crippen molar-refractivity contribution in [2.24, 2.45) is 5.73 Å². The van der Waals surface area contributed by atoms with Gasteiger partial charge in [0.1, 0.15) is 11.3 Å². The molecule has 2 N–H and O–H groups in total. The monoisotopic (exact) mass is 252 g/mol. The molecule has 0 aliphatic carbocycles. The van der Waals surface area contributed by atoms with E-state index in [2.05, 4.69) is 19.9 Å². The van der Waals surface area contributed by atoms with Gasteiger partial charge in [0.15, 0.2) is 5.65 Å². The van der Waals surface area contributed by atoms with Gasteiger partial charge in [-0.3, -0.25) is 0 Å². The zero-order chi connectivity index (χ0) is 13.9. The number of aromatic nitrogens is 4. The van der Waals surface area contributed by atoms with Crippen LogP contribution in [0.15, 0.2) is 48.9 Å². The van der Waals surface area contributed by atoms with E-state index in [4.69, 9.17) is 7.10 Å². The molecule has 0 aliphatic heterocycles. The van der Waals surface area contributed by atoms with Crippen LogP contribution in [-0.4, -0.2) is 26.5 Å². The highest BCUT2D eigenvalue weighted by atomic mass is 15.0. The molecule has 0 saturated heterocycles. The van der Waals surface area contributed by atoms with Crippen LogP contribution in [0.3, 0.4) is 0 Å². The zero-order valence-corrected chi connectivity index (χ0v) is 10.2. The van der Waals surface area contributed by atoms with Gasteiger partial charge in [-0.05, 0) is 5.56 Å². The molecule has 3 aromatic rings. The Kier molecular flexibility index (Phi) is 2.81. The van der Waals surface area contributed by atoms with Crippen LogP contribution in [0.4, 0.5) is 0 Å². The van der Waals surface area contributed by atoms with Crippen LogP contribution >= 0.6 is 0 Å². The fourth-order valence-corrected chi connectivity index (χ4v) is 1.99. The molecule has 0 fully saturated rings. The van der Waals surface area contributed by atoms with Gasteiger partial charge in [0.05, 0.1) is 13.5 Å². The van der Waals surface area contributed by atoms with Crippen LogP contribution in [0.25, 0.3) is 11.2 Å². The number of nitrogens with two attached hydrogens (primary N) is 1. The molecule has 3 rings (SSSR count). The molecule has 1 aromatic carbocycles. The maximum Gasteiger partial charge on any atom is 0.181 e. The average Bonchev–Trinajstić information content (AvgIpc) is 2.49. The van der Waals surface area contributed by atoms with Gasteiger partial charge in [-0.1, -0.05) is 30.3 Å². The largest absolute Gasteiger partial charge is 0.329 e. The van der Waals surface area contributed by atoms with Gasteiger partial charge in [-0.15, -0.1) is 0 Å². The van der Waals surface area contributed by atoms with Crippen molar-refractivity contribution in [3.8, 4) is 0 Å². The van der Waals surface area contributed by atoms with E-state index in [9.17, 15) is 0 Å². The number of rotatable bonds is 3. The molecule has 94 valence electrons. The molecule has 2 heterocycles. The molecule has 0 spiro atoms. The molecule has 0 amide bonds. The maximum atomic E-state index is 7.51. The van der Waals surface area contributed by atoms with Gasteiger partial charge in [-0.25, -0.2) is 19.9 Å². The van der Waals surface area contributed by atoms with E-state index in [1.165, 1.54) is 6.20 Å². The average molecular weight is 252 g/mol. The van der Waals surface area contributed by atoms with Crippen LogP contribution in [0.5, 0.6) is 0 Å². The van der Waals surface area contributed by atoms with Crippen LogP contribution in [0.1, 0.15) is 18.7 Å². The molecule has 1 atom stereocenters. The maximum absolute atomic E-state index is 7.51. The summed E-state index contributed by atoms with van der Waals surface area (Å²) in [5, 5.41) is 0. The quantitative estimate of drug-likeness (QED) is 0.764. The first-order chi connectivity index (χ1) is 9.78. The third-order valence-electron chi connectivity index (χ3n) is 2.95. The minimum atomic E-state index is -0.0863. The first-order valence-electron chi connectivity index (χ1n) is 6.49. The summed E-state index contributed by atoms with van der Waals surface area (Å²) >= 11 is 0. The lowest BCUT2D eigenvalue weighted by molar-refractivity contribution is 0.754. The highest BCUT2D eigenvalue weighted by Crippen LogP contribution is 2.20. The lowest BCUT2D eigenvalue weighted by atomic mass is 9.98. The summed E-state index contributed by atoms with van der Waals surface area (Å²) in [6, 6.07) is 9.87. The van der Waals surface area contributed by atoms with Gasteiger partial charge in [0.25, 0.3) is 0 Å². The van der Waals surface area contributed by atoms with Gasteiger partial charge in [-0.2, -0.15) is 0 Å². The molecule has 5 nitrogen and oxygen atoms in total. The minimum absolute atomic E-state index is 0.0863. The molecule has 1 unspecified atom stereocenters. The predicted octanol–water partition coefficient (Wildman–Crippen LogP) is 1.51. The number of hydrogen-bond acceptors (Lipinski definition) is 5. The third kappa shape index (κ3) is 2.28. The topological polar surface area (TPSA) is 77.6 Å². The summed E-state index contributed by atoms with van der Waals surface area (Å²) in [7, 11) is 0. The van der Waals surface area contributed by atoms with Crippen LogP contribution in [0.2, 0.25) is 0 Å². The summed E-state index contributed by atoms with van der Waals surface area (Å²) in [5.74, 6) is 0.517. The second-order valence-corrected chi connectivity index (χ2v) is 4.14. The normalized spacial score (nSPS) is 13.2. The standard InChI is InChI=1S/C14H13N5/c15-8-11(10-4-2-1-3-5-10)13-18-9-12-14(19-13)17-7-6-16-12/h1-7,9,11H,8,15H2/i7D. The van der Waals surface area contributed by atoms with E-state index in [0.717, 1.165) is 5.56 Å². The molecule has 0 radical (unpaired) electrons. The van der Waals surface area contributed by atoms with Crippen molar-refractivity contribution in [3.05, 3.63) is 60.3 Å². The molecule has 0 bridgehead atoms. The number of benzene rings is 1. The molecule has 0 saturated carbocycles. The Morgan fingerprint density at radius 1 is 1.16 bits per heavy atom. The lowest BCUT2D eigenvalue weighted by Gasteiger charge is -2.13. The molecular formula is C14H13N5. The third-order valence-corrected chi connectivity index (χ3v) is 2.95. The Morgan fingerprint density at radius 3 is 2.79 bits per heavy atom. The van der Waals surface area contributed by atoms with Crippen molar-refractivity contribution in [2.45, 2.75) is 5.92 Å². The Labute approximate surface area is 112 Å². The highest BCUT2D eigenvalue weighted by molar-refractivity contribution is 5.67. The molecule has 19 heavy (non-hydrogen) atoms. The predicted molar refractivity (Wildman–Crippen MR) is 72.5 cm³/mol. The molecule has 5 heteroatoms. The Morgan fingerprint density at radius 2 is 2.00 bits per heavy atom. The smallest absolute Gasteiger partial charge is 0.181 e. The number of hydrogen-bond donors (Lipinski definition) is 1. The summed E-state index contributed by atoms with van der Waals surface area (Å²) in [6.45, 7) is 0.406. The van der Waals surface area contributed by atoms with Gasteiger partial charge in [0, 0.05) is 18.9 Å². The van der Waals surface area contributed by atoms with Crippen LogP contribution in [-0.2, 0) is 0 Å². The van der Waals surface area contributed by atoms with Crippen LogP contribution < -0.4 is 5.73 Å². The summed E-state index contributed by atoms with van der Waals surface area (Å²) in [5.41, 5.74) is 7.92. The van der Waals surface area contributed by atoms with E-state index in [1.54, 1.807) is 6.20 Å². The second kappa shape index (κ2) is 5.07. The van der Waals surface area contributed by atoms with Gasteiger partial charge >= 0.3 is 0 Å². The van der Waals surface area contributed by atoms with Gasteiger partial charge < -0.3 is 5.73 Å². The van der Waals surface area contributed by atoms with Crippen molar-refractivity contribution >= 4 is 11.2 Å². The van der Waals surface area contributed by atoms with E-state index in [-0.39, 0.29) is 12.1 Å². The summed E-state index contributed by atoms with van der Waals surface area (Å²) in [6.07, 6.45) is 3.09. The minimum Gasteiger partial charge on any atom is -0.329 e. The van der Waals surface area contributed by atoms with E-state index >= 15 is 0 Å². The molecule has 2 aromatic heterocycles. The first kappa shape index (κ1) is 10.5. The fraction of sp³-hybridized carbons (Fsp3) is 0.143. The summed E-state index contributed by atoms with van der Waals surface area (Å²) in [4.78, 5) is 16.9. The Balaban J connectivity index is 2.08.